The van der Waals surface area contributed by atoms with Gasteiger partial charge in [0.2, 0.25) is 11.8 Å². The van der Waals surface area contributed by atoms with Crippen LogP contribution in [0.1, 0.15) is 33.6 Å². The predicted molar refractivity (Wildman–Crippen MR) is 211 cm³/mol. The Morgan fingerprint density at radius 3 is 1.95 bits per heavy atom. The number of hydrogen-bond acceptors (Lipinski definition) is 4. The molecule has 2 aromatic heterocycles. The number of rotatable bonds is 15. The van der Waals surface area contributed by atoms with Gasteiger partial charge in [-0.3, -0.25) is 9.59 Å². The summed E-state index contributed by atoms with van der Waals surface area (Å²) in [7, 11) is 1.53. The zero-order valence-corrected chi connectivity index (χ0v) is 31.3. The van der Waals surface area contributed by atoms with E-state index >= 15 is 4.39 Å². The number of fused-ring (bicyclic) bond motifs is 2. The molecule has 56 heavy (non-hydrogen) atoms. The Morgan fingerprint density at radius 2 is 1.30 bits per heavy atom. The van der Waals surface area contributed by atoms with Crippen molar-refractivity contribution in [3.8, 4) is 11.5 Å². The van der Waals surface area contributed by atoms with Crippen molar-refractivity contribution in [3.63, 3.8) is 0 Å². The van der Waals surface area contributed by atoms with Crippen LogP contribution < -0.4 is 20.1 Å². The largest absolute Gasteiger partial charge is 0.497 e. The summed E-state index contributed by atoms with van der Waals surface area (Å²) in [5.41, 5.74) is 3.90. The van der Waals surface area contributed by atoms with E-state index in [1.165, 1.54) is 25.3 Å². The topological polar surface area (TPSA) is 86.5 Å². The lowest BCUT2D eigenvalue weighted by atomic mass is 10.0. The summed E-state index contributed by atoms with van der Waals surface area (Å²) in [6.07, 6.45) is 1.58. The minimum Gasteiger partial charge on any atom is -0.497 e. The van der Waals surface area contributed by atoms with E-state index in [4.69, 9.17) is 9.47 Å². The molecule has 0 spiro atoms. The Labute approximate surface area is 322 Å². The highest BCUT2D eigenvalue weighted by molar-refractivity contribution is 5.92. The van der Waals surface area contributed by atoms with E-state index in [0.717, 1.165) is 27.2 Å². The van der Waals surface area contributed by atoms with E-state index in [1.807, 2.05) is 19.1 Å². The summed E-state index contributed by atoms with van der Waals surface area (Å²) in [5, 5.41) is 7.18. The minimum atomic E-state index is -4.54. The molecule has 0 aliphatic heterocycles. The molecule has 6 rings (SSSR count). The van der Waals surface area contributed by atoms with Crippen molar-refractivity contribution < 1.29 is 36.6 Å². The number of para-hydroxylation sites is 2. The van der Waals surface area contributed by atoms with Gasteiger partial charge in [-0.1, -0.05) is 36.4 Å². The highest BCUT2D eigenvalue weighted by Crippen LogP contribution is 2.34. The Balaban J connectivity index is 1.01. The molecule has 2 N–H and O–H groups in total. The molecule has 2 amide bonds. The third-order valence-electron chi connectivity index (χ3n) is 9.37. The van der Waals surface area contributed by atoms with Gasteiger partial charge in [0.1, 0.15) is 23.0 Å². The number of amides is 2. The van der Waals surface area contributed by atoms with Gasteiger partial charge in [0.25, 0.3) is 0 Å². The van der Waals surface area contributed by atoms with Crippen molar-refractivity contribution >= 4 is 45.8 Å². The Kier molecular flexibility index (Phi) is 12.3. The van der Waals surface area contributed by atoms with Gasteiger partial charge in [-0.2, -0.15) is 13.2 Å². The van der Waals surface area contributed by atoms with Crippen LogP contribution in [0.15, 0.2) is 103 Å². The number of nitrogens with zero attached hydrogens (tertiary/aromatic N) is 2. The maximum absolute atomic E-state index is 15.1. The summed E-state index contributed by atoms with van der Waals surface area (Å²) < 4.78 is 70.9. The third kappa shape index (κ3) is 9.67. The summed E-state index contributed by atoms with van der Waals surface area (Å²) >= 11 is 0. The van der Waals surface area contributed by atoms with Crippen LogP contribution in [0.5, 0.6) is 11.5 Å². The molecule has 0 aliphatic carbocycles. The number of benzene rings is 4. The van der Waals surface area contributed by atoms with E-state index in [2.05, 4.69) is 33.4 Å². The predicted octanol–water partition coefficient (Wildman–Crippen LogP) is 8.66. The van der Waals surface area contributed by atoms with Crippen LogP contribution in [0.4, 0.5) is 17.6 Å². The van der Waals surface area contributed by atoms with Gasteiger partial charge in [-0.05, 0) is 102 Å². The van der Waals surface area contributed by atoms with Crippen LogP contribution in [0, 0.1) is 19.7 Å². The second-order valence-electron chi connectivity index (χ2n) is 13.3. The van der Waals surface area contributed by atoms with E-state index in [9.17, 15) is 22.8 Å². The van der Waals surface area contributed by atoms with Crippen LogP contribution in [-0.2, 0) is 35.3 Å². The number of carbonyl (C=O) groups excluding carboxylic acids is 2. The number of methoxy groups -OCH3 is 1. The van der Waals surface area contributed by atoms with E-state index in [0.29, 0.717) is 57.7 Å². The zero-order chi connectivity index (χ0) is 39.8. The van der Waals surface area contributed by atoms with Crippen LogP contribution in [-0.4, -0.2) is 47.8 Å². The molecule has 0 saturated heterocycles. The maximum Gasteiger partial charge on any atom is 0.431 e. The van der Waals surface area contributed by atoms with Crippen LogP contribution in [0.3, 0.4) is 0 Å². The van der Waals surface area contributed by atoms with Gasteiger partial charge in [0.15, 0.2) is 0 Å². The lowest BCUT2D eigenvalue weighted by Gasteiger charge is -2.13. The quantitative estimate of drug-likeness (QED) is 0.0810. The van der Waals surface area contributed by atoms with Gasteiger partial charge in [0.05, 0.1) is 13.7 Å². The normalized spacial score (nSPS) is 11.9. The average Bonchev–Trinajstić information content (AvgIpc) is 3.71. The first kappa shape index (κ1) is 39.4. The van der Waals surface area contributed by atoms with Crippen molar-refractivity contribution in [1.82, 2.24) is 19.8 Å². The van der Waals surface area contributed by atoms with E-state index in [1.54, 1.807) is 67.6 Å². The molecule has 0 radical (unpaired) electrons. The standard InChI is InChI=1S/C44H42F4N4O4/c1-29-22-31(12-14-41(53)50-18-20-52-39-11-7-5-9-34(39)27-40(52)44(46,47)48)24-35(43(29)45)16-21-56-37-26-32(25-36(28-37)55-3)13-15-42(54)49-17-19-51-30(2)23-33-8-4-6-10-38(33)51/h4-15,22-28H,16-21H2,1-3H3,(H,49,54)(H,50,53)/b14-12+,15-13+. The van der Waals surface area contributed by atoms with Gasteiger partial charge in [0, 0.05) is 72.9 Å². The van der Waals surface area contributed by atoms with Crippen molar-refractivity contribution in [2.75, 3.05) is 26.8 Å². The maximum atomic E-state index is 15.1. The van der Waals surface area contributed by atoms with Crippen LogP contribution in [0.2, 0.25) is 0 Å². The van der Waals surface area contributed by atoms with Gasteiger partial charge < -0.3 is 29.2 Å². The smallest absolute Gasteiger partial charge is 0.431 e. The fourth-order valence-electron chi connectivity index (χ4n) is 6.70. The number of aromatic nitrogens is 2. The van der Waals surface area contributed by atoms with Crippen LogP contribution in [0.25, 0.3) is 34.0 Å². The number of halogens is 4. The van der Waals surface area contributed by atoms with Crippen molar-refractivity contribution in [2.45, 2.75) is 39.5 Å². The number of nitrogens with one attached hydrogen (secondary N) is 2. The lowest BCUT2D eigenvalue weighted by Crippen LogP contribution is -2.26. The van der Waals surface area contributed by atoms with Gasteiger partial charge >= 0.3 is 6.18 Å². The second-order valence-corrected chi connectivity index (χ2v) is 13.3. The molecule has 0 saturated carbocycles. The highest BCUT2D eigenvalue weighted by Gasteiger charge is 2.35. The molecule has 6 aromatic rings. The molecule has 0 unspecified atom stereocenters. The Bertz CT molecular complexity index is 2430. The number of alkyl halides is 3. The summed E-state index contributed by atoms with van der Waals surface area (Å²) in [5.74, 6) is -0.142. The molecule has 0 fully saturated rings. The number of ether oxygens (including phenoxy) is 2. The molecule has 0 aliphatic rings. The van der Waals surface area contributed by atoms with E-state index < -0.39 is 23.6 Å². The SMILES string of the molecule is COc1cc(/C=C/C(=O)NCCn2c(C)cc3ccccc32)cc(OCCc2cc(/C=C/C(=O)NCCn3c(C(F)(F)F)cc4ccccc43)cc(C)c2F)c1. The minimum absolute atomic E-state index is 0.0304. The number of carbonyl (C=O) groups is 2. The van der Waals surface area contributed by atoms with Crippen molar-refractivity contribution in [1.29, 1.82) is 0 Å². The summed E-state index contributed by atoms with van der Waals surface area (Å²) in [4.78, 5) is 25.2. The molecular weight excluding hydrogens is 725 g/mol. The first-order chi connectivity index (χ1) is 26.9. The summed E-state index contributed by atoms with van der Waals surface area (Å²) in [6, 6.07) is 26.3. The van der Waals surface area contributed by atoms with E-state index in [-0.39, 0.29) is 32.0 Å². The van der Waals surface area contributed by atoms with Crippen LogP contribution >= 0.6 is 0 Å². The molecule has 0 bridgehead atoms. The number of hydrogen-bond donors (Lipinski definition) is 2. The second kappa shape index (κ2) is 17.4. The fraction of sp³-hybridized carbons (Fsp3) is 0.227. The van der Waals surface area contributed by atoms with Gasteiger partial charge in [-0.15, -0.1) is 0 Å². The molecule has 0 atom stereocenters. The molecule has 12 heteroatoms. The molecule has 2 heterocycles. The first-order valence-electron chi connectivity index (χ1n) is 18.1. The lowest BCUT2D eigenvalue weighted by molar-refractivity contribution is -0.143. The molecule has 290 valence electrons. The third-order valence-corrected chi connectivity index (χ3v) is 9.37. The molecule has 4 aromatic carbocycles. The Hall–Kier alpha value is -6.30. The van der Waals surface area contributed by atoms with Gasteiger partial charge in [-0.25, -0.2) is 4.39 Å². The average molecular weight is 767 g/mol. The summed E-state index contributed by atoms with van der Waals surface area (Å²) in [6.45, 7) is 4.78. The fourth-order valence-corrected chi connectivity index (χ4v) is 6.70. The van der Waals surface area contributed by atoms with Crippen molar-refractivity contribution in [3.05, 3.63) is 143 Å². The zero-order valence-electron chi connectivity index (χ0n) is 31.3. The monoisotopic (exact) mass is 766 g/mol. The van der Waals surface area contributed by atoms with Crippen molar-refractivity contribution in [2.24, 2.45) is 0 Å². The number of aryl methyl sites for hydroxylation is 2. The molecular formula is C44H42F4N4O4. The first-order valence-corrected chi connectivity index (χ1v) is 18.1. The Morgan fingerprint density at radius 1 is 0.732 bits per heavy atom. The molecule has 8 nitrogen and oxygen atoms in total. The highest BCUT2D eigenvalue weighted by atomic mass is 19.4.